The van der Waals surface area contributed by atoms with Gasteiger partial charge in [-0.3, -0.25) is 4.79 Å². The van der Waals surface area contributed by atoms with Crippen LogP contribution in [-0.2, 0) is 21.2 Å². The van der Waals surface area contributed by atoms with Crippen molar-refractivity contribution in [2.75, 3.05) is 20.2 Å². The number of rotatable bonds is 5. The van der Waals surface area contributed by atoms with Crippen molar-refractivity contribution in [3.8, 4) is 17.6 Å². The first-order valence-electron chi connectivity index (χ1n) is 12.7. The van der Waals surface area contributed by atoms with Gasteiger partial charge in [0.05, 0.1) is 34.7 Å². The molecule has 1 saturated heterocycles. The summed E-state index contributed by atoms with van der Waals surface area (Å²) in [7, 11) is -2.19. The van der Waals surface area contributed by atoms with Gasteiger partial charge in [0, 0.05) is 30.6 Å². The maximum Gasteiger partial charge on any atom is 0.254 e. The molecule has 3 aliphatic rings. The minimum absolute atomic E-state index is 0.0101. The van der Waals surface area contributed by atoms with Gasteiger partial charge in [0.25, 0.3) is 5.91 Å². The lowest BCUT2D eigenvalue weighted by Gasteiger charge is -2.35. The number of carbonyl (C=O) groups excluding carboxylic acids is 1. The average molecular weight is 537 g/mol. The Morgan fingerprint density at radius 1 is 1.11 bits per heavy atom. The van der Waals surface area contributed by atoms with Gasteiger partial charge < -0.3 is 9.47 Å². The van der Waals surface area contributed by atoms with Gasteiger partial charge in [-0.25, -0.2) is 13.4 Å². The first kappa shape index (κ1) is 26.2. The van der Waals surface area contributed by atoms with E-state index in [0.717, 1.165) is 16.9 Å². The standard InChI is InChI=1S/C28H32N4O5S/c1-27(2)16-21-22(36-5)11-10-20(24(21)37-27)25-28(3,4)26(33)32(30-25)19-12-14-31(15-13-19)38(34,35)23-9-7-6-8-18(23)17-29/h6-11,19H,12-16H2,1-5H3. The first-order chi connectivity index (χ1) is 17.9. The summed E-state index contributed by atoms with van der Waals surface area (Å²) in [4.78, 5) is 13.6. The van der Waals surface area contributed by atoms with E-state index >= 15 is 0 Å². The monoisotopic (exact) mass is 536 g/mol. The molecular formula is C28H32N4O5S. The van der Waals surface area contributed by atoms with Gasteiger partial charge >= 0.3 is 0 Å². The molecule has 0 unspecified atom stereocenters. The molecule has 200 valence electrons. The van der Waals surface area contributed by atoms with Crippen molar-refractivity contribution in [2.45, 2.75) is 63.5 Å². The molecule has 10 heteroatoms. The number of hydrogen-bond acceptors (Lipinski definition) is 7. The molecule has 0 N–H and O–H groups in total. The Bertz CT molecular complexity index is 1480. The smallest absolute Gasteiger partial charge is 0.254 e. The van der Waals surface area contributed by atoms with Gasteiger partial charge in [0.2, 0.25) is 10.0 Å². The highest BCUT2D eigenvalue weighted by atomic mass is 32.2. The zero-order valence-corrected chi connectivity index (χ0v) is 23.1. The van der Waals surface area contributed by atoms with Gasteiger partial charge in [-0.05, 0) is 64.8 Å². The van der Waals surface area contributed by atoms with E-state index in [1.807, 2.05) is 45.9 Å². The fourth-order valence-corrected chi connectivity index (χ4v) is 7.18. The highest BCUT2D eigenvalue weighted by molar-refractivity contribution is 7.89. The summed E-state index contributed by atoms with van der Waals surface area (Å²) in [5.41, 5.74) is 1.22. The van der Waals surface area contributed by atoms with E-state index in [4.69, 9.17) is 14.6 Å². The third-order valence-corrected chi connectivity index (χ3v) is 9.57. The number of ether oxygens (including phenoxy) is 2. The number of benzene rings is 2. The zero-order valence-electron chi connectivity index (χ0n) is 22.3. The van der Waals surface area contributed by atoms with Crippen molar-refractivity contribution in [1.29, 1.82) is 5.26 Å². The highest BCUT2D eigenvalue weighted by Crippen LogP contribution is 2.46. The van der Waals surface area contributed by atoms with Gasteiger partial charge in [0.1, 0.15) is 23.2 Å². The summed E-state index contributed by atoms with van der Waals surface area (Å²) in [5, 5.41) is 15.8. The summed E-state index contributed by atoms with van der Waals surface area (Å²) >= 11 is 0. The molecule has 3 heterocycles. The molecule has 0 aliphatic carbocycles. The predicted octanol–water partition coefficient (Wildman–Crippen LogP) is 3.71. The van der Waals surface area contributed by atoms with E-state index < -0.39 is 21.0 Å². The Balaban J connectivity index is 1.41. The van der Waals surface area contributed by atoms with Crippen LogP contribution < -0.4 is 9.47 Å². The first-order valence-corrected chi connectivity index (χ1v) is 14.2. The number of hydrogen-bond donors (Lipinski definition) is 0. The molecule has 0 spiro atoms. The van der Waals surface area contributed by atoms with Gasteiger partial charge in [-0.15, -0.1) is 0 Å². The number of methoxy groups -OCH3 is 1. The fourth-order valence-electron chi connectivity index (χ4n) is 5.56. The van der Waals surface area contributed by atoms with Crippen molar-refractivity contribution in [3.63, 3.8) is 0 Å². The van der Waals surface area contributed by atoms with E-state index in [1.165, 1.54) is 16.4 Å². The van der Waals surface area contributed by atoms with Crippen molar-refractivity contribution < 1.29 is 22.7 Å². The molecule has 0 bridgehead atoms. The summed E-state index contributed by atoms with van der Waals surface area (Å²) in [6.07, 6.45) is 1.57. The number of nitrogens with zero attached hydrogens (tertiary/aromatic N) is 4. The van der Waals surface area contributed by atoms with Crippen LogP contribution in [0.5, 0.6) is 11.5 Å². The van der Waals surface area contributed by atoms with Crippen LogP contribution in [0, 0.1) is 16.7 Å². The van der Waals surface area contributed by atoms with Crippen LogP contribution in [0.3, 0.4) is 0 Å². The highest BCUT2D eigenvalue weighted by Gasteiger charge is 2.49. The largest absolute Gasteiger partial charge is 0.496 e. The molecule has 0 atom stereocenters. The minimum Gasteiger partial charge on any atom is -0.496 e. The van der Waals surface area contributed by atoms with Crippen LogP contribution in [0.1, 0.15) is 57.2 Å². The zero-order chi connectivity index (χ0) is 27.5. The molecular weight excluding hydrogens is 504 g/mol. The van der Waals surface area contributed by atoms with Crippen molar-refractivity contribution in [3.05, 3.63) is 53.1 Å². The third kappa shape index (κ3) is 4.14. The van der Waals surface area contributed by atoms with E-state index in [1.54, 1.807) is 24.3 Å². The molecule has 0 saturated carbocycles. The summed E-state index contributed by atoms with van der Waals surface area (Å²) in [6, 6.07) is 11.7. The number of hydrazone groups is 1. The Hall–Kier alpha value is -3.42. The van der Waals surface area contributed by atoms with Crippen LogP contribution >= 0.6 is 0 Å². The van der Waals surface area contributed by atoms with Crippen LogP contribution in [0.15, 0.2) is 46.4 Å². The van der Waals surface area contributed by atoms with E-state index in [9.17, 15) is 18.5 Å². The number of piperidine rings is 1. The lowest BCUT2D eigenvalue weighted by molar-refractivity contribution is -0.137. The number of sulfonamides is 1. The molecule has 5 rings (SSSR count). The SMILES string of the molecule is COc1ccc(C2=NN(C3CCN(S(=O)(=O)c4ccccc4C#N)CC3)C(=O)C2(C)C)c2c1CC(C)(C)O2. The Morgan fingerprint density at radius 3 is 2.45 bits per heavy atom. The molecule has 2 aromatic carbocycles. The number of carbonyl (C=O) groups is 1. The summed E-state index contributed by atoms with van der Waals surface area (Å²) in [5.74, 6) is 1.33. The Kier molecular flexibility index (Phi) is 6.27. The molecule has 1 fully saturated rings. The lowest BCUT2D eigenvalue weighted by atomic mass is 9.82. The molecule has 1 amide bonds. The Labute approximate surface area is 223 Å². The average Bonchev–Trinajstić information content (AvgIpc) is 3.35. The third-order valence-electron chi connectivity index (χ3n) is 7.61. The van der Waals surface area contributed by atoms with Crippen molar-refractivity contribution in [1.82, 2.24) is 9.31 Å². The van der Waals surface area contributed by atoms with Crippen molar-refractivity contribution in [2.24, 2.45) is 10.5 Å². The molecule has 9 nitrogen and oxygen atoms in total. The van der Waals surface area contributed by atoms with Crippen LogP contribution in [-0.4, -0.2) is 61.2 Å². The maximum absolute atomic E-state index is 13.6. The summed E-state index contributed by atoms with van der Waals surface area (Å²) < 4.78 is 39.8. The lowest BCUT2D eigenvalue weighted by Crippen LogP contribution is -2.47. The molecule has 0 radical (unpaired) electrons. The van der Waals surface area contributed by atoms with Gasteiger partial charge in [-0.1, -0.05) is 12.1 Å². The van der Waals surface area contributed by atoms with Crippen LogP contribution in [0.25, 0.3) is 0 Å². The van der Waals surface area contributed by atoms with E-state index in [-0.39, 0.29) is 35.5 Å². The quantitative estimate of drug-likeness (QED) is 0.576. The maximum atomic E-state index is 13.6. The second-order valence-electron chi connectivity index (χ2n) is 11.1. The normalized spacial score (nSPS) is 21.0. The van der Waals surface area contributed by atoms with E-state index in [2.05, 4.69) is 0 Å². The van der Waals surface area contributed by atoms with E-state index in [0.29, 0.717) is 30.7 Å². The van der Waals surface area contributed by atoms with Crippen LogP contribution in [0.2, 0.25) is 0 Å². The van der Waals surface area contributed by atoms with Crippen LogP contribution in [0.4, 0.5) is 0 Å². The minimum atomic E-state index is -3.82. The van der Waals surface area contributed by atoms with Gasteiger partial charge in [-0.2, -0.15) is 14.7 Å². The molecule has 3 aliphatic heterocycles. The van der Waals surface area contributed by atoms with Crippen molar-refractivity contribution >= 4 is 21.6 Å². The number of amides is 1. The number of fused-ring (bicyclic) bond motifs is 1. The second-order valence-corrected chi connectivity index (χ2v) is 13.0. The summed E-state index contributed by atoms with van der Waals surface area (Å²) in [6.45, 7) is 8.24. The Morgan fingerprint density at radius 2 is 1.79 bits per heavy atom. The van der Waals surface area contributed by atoms with Gasteiger partial charge in [0.15, 0.2) is 0 Å². The molecule has 0 aromatic heterocycles. The molecule has 38 heavy (non-hydrogen) atoms. The fraction of sp³-hybridized carbons (Fsp3) is 0.464. The topological polar surface area (TPSA) is 112 Å². The molecule has 2 aromatic rings. The number of nitriles is 1. The predicted molar refractivity (Wildman–Crippen MR) is 142 cm³/mol. The second kappa shape index (κ2) is 9.10.